The molecule has 0 radical (unpaired) electrons. The van der Waals surface area contributed by atoms with Crippen molar-refractivity contribution in [2.24, 2.45) is 0 Å². The maximum Gasteiger partial charge on any atom is 0.260 e. The maximum absolute atomic E-state index is 14.6. The van der Waals surface area contributed by atoms with E-state index in [9.17, 15) is 23.8 Å². The number of ether oxygens (including phenoxy) is 1. The summed E-state index contributed by atoms with van der Waals surface area (Å²) >= 11 is 6.49. The van der Waals surface area contributed by atoms with Crippen LogP contribution < -0.4 is 10.1 Å². The van der Waals surface area contributed by atoms with Crippen molar-refractivity contribution in [2.75, 3.05) is 12.4 Å². The largest absolute Gasteiger partial charge is 0.506 e. The molecule has 5 rings (SSSR count). The first-order chi connectivity index (χ1) is 16.3. The number of carbonyl (C=O) groups excluding carboxylic acids is 1. The number of anilines is 1. The minimum Gasteiger partial charge on any atom is -0.506 e. The number of hydrogen-bond acceptors (Lipinski definition) is 4. The highest BCUT2D eigenvalue weighted by Crippen LogP contribution is 2.43. The van der Waals surface area contributed by atoms with Gasteiger partial charge in [-0.1, -0.05) is 35.9 Å². The lowest BCUT2D eigenvalue weighted by molar-refractivity contribution is -0.110. The summed E-state index contributed by atoms with van der Waals surface area (Å²) in [6, 6.07) is 12.6. The molecule has 0 unspecified atom stereocenters. The third-order valence-corrected chi connectivity index (χ3v) is 6.70. The Kier molecular flexibility index (Phi) is 5.54. The Morgan fingerprint density at radius 2 is 1.76 bits per heavy atom. The second kappa shape index (κ2) is 8.42. The van der Waals surface area contributed by atoms with Crippen molar-refractivity contribution in [3.05, 3.63) is 81.9 Å². The van der Waals surface area contributed by atoms with Crippen molar-refractivity contribution in [1.29, 1.82) is 0 Å². The number of hydrogen-bond donors (Lipinski definition) is 3. The molecule has 0 saturated heterocycles. The van der Waals surface area contributed by atoms with E-state index in [2.05, 4.69) is 5.32 Å². The summed E-state index contributed by atoms with van der Waals surface area (Å²) in [5, 5.41) is 23.3. The normalized spacial score (nSPS) is 20.4. The van der Waals surface area contributed by atoms with E-state index >= 15 is 0 Å². The minimum atomic E-state index is -0.935. The van der Waals surface area contributed by atoms with E-state index in [1.54, 1.807) is 12.1 Å². The van der Waals surface area contributed by atoms with E-state index in [0.29, 0.717) is 27.8 Å². The number of nitrogens with one attached hydrogen (secondary N) is 1. The quantitative estimate of drug-likeness (QED) is 0.318. The molecule has 3 N–H and O–H groups in total. The molecule has 1 fully saturated rings. The smallest absolute Gasteiger partial charge is 0.260 e. The van der Waals surface area contributed by atoms with Gasteiger partial charge in [0.25, 0.3) is 5.91 Å². The molecular weight excluding hydrogens is 464 g/mol. The summed E-state index contributed by atoms with van der Waals surface area (Å²) in [6.45, 7) is 0. The van der Waals surface area contributed by atoms with Gasteiger partial charge in [0.05, 0.1) is 35.1 Å². The van der Waals surface area contributed by atoms with Crippen LogP contribution in [0.3, 0.4) is 0 Å². The third kappa shape index (κ3) is 3.71. The summed E-state index contributed by atoms with van der Waals surface area (Å²) in [4.78, 5) is 12.7. The first kappa shape index (κ1) is 22.4. The topological polar surface area (TPSA) is 78.8 Å². The third-order valence-electron chi connectivity index (χ3n) is 6.39. The number of methoxy groups -OCH3 is 1. The van der Waals surface area contributed by atoms with Crippen molar-refractivity contribution >= 4 is 34.5 Å². The Morgan fingerprint density at radius 3 is 2.41 bits per heavy atom. The van der Waals surface area contributed by atoms with Crippen molar-refractivity contribution in [3.8, 4) is 16.9 Å². The number of aliphatic hydroxyl groups is 2. The molecular formula is C26H20ClF2NO4. The average Bonchev–Trinajstić information content (AvgIpc) is 3.11. The zero-order valence-electron chi connectivity index (χ0n) is 18.0. The Balaban J connectivity index is 1.57. The molecule has 5 nitrogen and oxygen atoms in total. The molecule has 0 aromatic heterocycles. The lowest BCUT2D eigenvalue weighted by Gasteiger charge is -2.31. The zero-order valence-corrected chi connectivity index (χ0v) is 18.8. The average molecular weight is 484 g/mol. The minimum absolute atomic E-state index is 0.184. The molecule has 0 atom stereocenters. The molecule has 3 aromatic rings. The lowest BCUT2D eigenvalue weighted by Crippen LogP contribution is -2.26. The van der Waals surface area contributed by atoms with Gasteiger partial charge in [0.2, 0.25) is 0 Å². The number of amides is 1. The molecule has 1 aliphatic carbocycles. The van der Waals surface area contributed by atoms with Gasteiger partial charge in [-0.2, -0.15) is 0 Å². The Labute approximate surface area is 199 Å². The Hall–Kier alpha value is -3.42. The van der Waals surface area contributed by atoms with Crippen molar-refractivity contribution in [2.45, 2.75) is 24.9 Å². The standard InChI is InChI=1S/C26H20ClF2NO4/c1-34-23-11-20(28)17(9-21(23)29)25(32)24-18-8-16(19(27)10-22(18)30-26(24)33)13-4-2-12(3-5-13)14-6-15(31)7-14/h2-5,8-11,14-15,31-32H,6-7H2,1H3,(H,30,33). The summed E-state index contributed by atoms with van der Waals surface area (Å²) in [5.74, 6) is -3.15. The van der Waals surface area contributed by atoms with Gasteiger partial charge in [-0.15, -0.1) is 0 Å². The second-order valence-corrected chi connectivity index (χ2v) is 8.87. The first-order valence-electron chi connectivity index (χ1n) is 10.7. The molecule has 1 amide bonds. The van der Waals surface area contributed by atoms with Crippen LogP contribution in [0.2, 0.25) is 5.02 Å². The molecule has 1 saturated carbocycles. The van der Waals surface area contributed by atoms with E-state index < -0.39 is 28.9 Å². The van der Waals surface area contributed by atoms with Crippen molar-refractivity contribution in [3.63, 3.8) is 0 Å². The zero-order chi connectivity index (χ0) is 24.1. The van der Waals surface area contributed by atoms with Crippen LogP contribution in [0.1, 0.15) is 35.4 Å². The van der Waals surface area contributed by atoms with Gasteiger partial charge in [0, 0.05) is 17.2 Å². The summed E-state index contributed by atoms with van der Waals surface area (Å²) in [7, 11) is 1.20. The van der Waals surface area contributed by atoms with Gasteiger partial charge >= 0.3 is 0 Å². The predicted octanol–water partition coefficient (Wildman–Crippen LogP) is 5.91. The number of benzene rings is 3. The van der Waals surface area contributed by atoms with Crippen LogP contribution in [-0.4, -0.2) is 29.3 Å². The van der Waals surface area contributed by atoms with Crippen molar-refractivity contribution < 1.29 is 28.5 Å². The van der Waals surface area contributed by atoms with E-state index in [4.69, 9.17) is 16.3 Å². The highest BCUT2D eigenvalue weighted by atomic mass is 35.5. The van der Waals surface area contributed by atoms with Gasteiger partial charge in [-0.3, -0.25) is 4.79 Å². The van der Waals surface area contributed by atoms with Crippen LogP contribution >= 0.6 is 11.6 Å². The van der Waals surface area contributed by atoms with Crippen LogP contribution in [0, 0.1) is 11.6 Å². The van der Waals surface area contributed by atoms with Crippen LogP contribution in [0.5, 0.6) is 5.75 Å². The second-order valence-electron chi connectivity index (χ2n) is 8.47. The molecule has 0 bridgehead atoms. The van der Waals surface area contributed by atoms with E-state index in [-0.39, 0.29) is 17.4 Å². The number of carbonyl (C=O) groups is 1. The number of rotatable bonds is 4. The molecule has 0 spiro atoms. The maximum atomic E-state index is 14.6. The predicted molar refractivity (Wildman–Crippen MR) is 126 cm³/mol. The molecule has 174 valence electrons. The molecule has 34 heavy (non-hydrogen) atoms. The summed E-state index contributed by atoms with van der Waals surface area (Å²) < 4.78 is 33.5. The van der Waals surface area contributed by atoms with E-state index in [1.165, 1.54) is 7.11 Å². The number of halogens is 3. The highest BCUT2D eigenvalue weighted by molar-refractivity contribution is 6.38. The van der Waals surface area contributed by atoms with Crippen molar-refractivity contribution in [1.82, 2.24) is 0 Å². The summed E-state index contributed by atoms with van der Waals surface area (Å²) in [6.07, 6.45) is 1.23. The highest BCUT2D eigenvalue weighted by Gasteiger charge is 2.32. The van der Waals surface area contributed by atoms with E-state index in [0.717, 1.165) is 36.1 Å². The van der Waals surface area contributed by atoms with Gasteiger partial charge in [-0.25, -0.2) is 8.78 Å². The monoisotopic (exact) mass is 483 g/mol. The fourth-order valence-corrected chi connectivity index (χ4v) is 4.72. The molecule has 3 aromatic carbocycles. The van der Waals surface area contributed by atoms with Crippen LogP contribution in [-0.2, 0) is 4.79 Å². The first-order valence-corrected chi connectivity index (χ1v) is 11.0. The molecule has 8 heteroatoms. The van der Waals surface area contributed by atoms with Gasteiger partial charge in [0.15, 0.2) is 11.6 Å². The Morgan fingerprint density at radius 1 is 1.06 bits per heavy atom. The van der Waals surface area contributed by atoms with E-state index in [1.807, 2.05) is 24.3 Å². The molecule has 1 aliphatic heterocycles. The fourth-order valence-electron chi connectivity index (χ4n) is 4.44. The Bertz CT molecular complexity index is 1350. The fraction of sp³-hybridized carbons (Fsp3) is 0.192. The molecule has 1 heterocycles. The number of aliphatic hydroxyl groups excluding tert-OH is 2. The lowest BCUT2D eigenvalue weighted by atomic mass is 9.77. The van der Waals surface area contributed by atoms with Crippen LogP contribution in [0.15, 0.2) is 48.5 Å². The van der Waals surface area contributed by atoms with Gasteiger partial charge in [0.1, 0.15) is 11.6 Å². The van der Waals surface area contributed by atoms with Gasteiger partial charge in [-0.05, 0) is 48.1 Å². The van der Waals surface area contributed by atoms with Crippen LogP contribution in [0.4, 0.5) is 14.5 Å². The SMILES string of the molecule is COc1cc(F)c(C(O)=C2C(=O)Nc3cc(Cl)c(-c4ccc(C5CC(O)C5)cc4)cc32)cc1F. The summed E-state index contributed by atoms with van der Waals surface area (Å²) in [5.41, 5.74) is 2.56. The van der Waals surface area contributed by atoms with Gasteiger partial charge < -0.3 is 20.3 Å². The van der Waals surface area contributed by atoms with Crippen LogP contribution in [0.25, 0.3) is 22.5 Å². The number of fused-ring (bicyclic) bond motifs is 1. The molecule has 2 aliphatic rings.